The van der Waals surface area contributed by atoms with Gasteiger partial charge >= 0.3 is 0 Å². The van der Waals surface area contributed by atoms with E-state index in [9.17, 15) is 4.79 Å². The van der Waals surface area contributed by atoms with Crippen LogP contribution in [-0.4, -0.2) is 18.5 Å². The van der Waals surface area contributed by atoms with Crippen molar-refractivity contribution in [1.29, 1.82) is 0 Å². The Labute approximate surface area is 116 Å². The van der Waals surface area contributed by atoms with Crippen molar-refractivity contribution in [3.8, 4) is 0 Å². The Morgan fingerprint density at radius 2 is 1.84 bits per heavy atom. The molecular formula is C16H26N2O. The number of rotatable bonds is 6. The summed E-state index contributed by atoms with van der Waals surface area (Å²) in [4.78, 5) is 13.8. The molecule has 0 radical (unpaired) electrons. The summed E-state index contributed by atoms with van der Waals surface area (Å²) in [6.45, 7) is 6.05. The number of benzene rings is 1. The third-order valence-electron chi connectivity index (χ3n) is 3.22. The van der Waals surface area contributed by atoms with Crippen LogP contribution < -0.4 is 10.6 Å². The molecule has 0 fully saturated rings. The minimum absolute atomic E-state index is 0.113. The minimum Gasteiger partial charge on any atom is -0.326 e. The quantitative estimate of drug-likeness (QED) is 0.856. The number of carbonyl (C=O) groups excluding carboxylic acids is 1. The normalized spacial score (nSPS) is 11.4. The van der Waals surface area contributed by atoms with Gasteiger partial charge in [-0.2, -0.15) is 0 Å². The van der Waals surface area contributed by atoms with Crippen molar-refractivity contribution in [2.75, 3.05) is 11.9 Å². The van der Waals surface area contributed by atoms with E-state index < -0.39 is 0 Å². The van der Waals surface area contributed by atoms with Crippen molar-refractivity contribution < 1.29 is 4.79 Å². The first-order chi connectivity index (χ1) is 8.83. The maximum atomic E-state index is 12.1. The zero-order valence-electron chi connectivity index (χ0n) is 12.6. The molecule has 0 bridgehead atoms. The van der Waals surface area contributed by atoms with E-state index in [1.807, 2.05) is 33.0 Å². The largest absolute Gasteiger partial charge is 0.326 e. The third kappa shape index (κ3) is 5.43. The molecule has 0 saturated heterocycles. The molecular weight excluding hydrogens is 236 g/mol. The Balaban J connectivity index is 2.61. The first-order valence-corrected chi connectivity index (χ1v) is 6.98. The molecule has 3 nitrogen and oxygen atoms in total. The summed E-state index contributed by atoms with van der Waals surface area (Å²) in [7, 11) is 1.82. The van der Waals surface area contributed by atoms with Gasteiger partial charge in [0.25, 0.3) is 0 Å². The predicted molar refractivity (Wildman–Crippen MR) is 81.3 cm³/mol. The summed E-state index contributed by atoms with van der Waals surface area (Å²) in [6, 6.07) is 8.21. The molecule has 0 saturated carbocycles. The standard InChI is InChI=1S/C16H26N2O/c1-5-6-13-7-9-14(10-8-13)18(4)15(19)11-12-16(2,3)17/h7-10H,5-6,11-12,17H2,1-4H3. The number of hydrogen-bond donors (Lipinski definition) is 1. The van der Waals surface area contributed by atoms with Gasteiger partial charge in [0.2, 0.25) is 5.91 Å². The number of hydrogen-bond acceptors (Lipinski definition) is 2. The highest BCUT2D eigenvalue weighted by Gasteiger charge is 2.16. The van der Waals surface area contributed by atoms with Crippen molar-refractivity contribution in [1.82, 2.24) is 0 Å². The van der Waals surface area contributed by atoms with E-state index in [1.54, 1.807) is 4.90 Å². The van der Waals surface area contributed by atoms with Gasteiger partial charge in [-0.05, 0) is 44.4 Å². The van der Waals surface area contributed by atoms with Crippen LogP contribution in [0.2, 0.25) is 0 Å². The topological polar surface area (TPSA) is 46.3 Å². The van der Waals surface area contributed by atoms with Gasteiger partial charge in [0.05, 0.1) is 0 Å². The molecule has 0 spiro atoms. The SMILES string of the molecule is CCCc1ccc(N(C)C(=O)CCC(C)(C)N)cc1. The maximum Gasteiger partial charge on any atom is 0.226 e. The van der Waals surface area contributed by atoms with E-state index in [-0.39, 0.29) is 11.4 Å². The zero-order chi connectivity index (χ0) is 14.5. The van der Waals surface area contributed by atoms with Crippen molar-refractivity contribution in [3.63, 3.8) is 0 Å². The summed E-state index contributed by atoms with van der Waals surface area (Å²) in [6.07, 6.45) is 3.40. The second kappa shape index (κ2) is 6.71. The van der Waals surface area contributed by atoms with Gasteiger partial charge < -0.3 is 10.6 Å². The number of amides is 1. The van der Waals surface area contributed by atoms with Crippen molar-refractivity contribution in [3.05, 3.63) is 29.8 Å². The average molecular weight is 262 g/mol. The molecule has 2 N–H and O–H groups in total. The molecule has 0 unspecified atom stereocenters. The lowest BCUT2D eigenvalue weighted by atomic mass is 9.99. The number of anilines is 1. The first-order valence-electron chi connectivity index (χ1n) is 6.98. The molecule has 106 valence electrons. The maximum absolute atomic E-state index is 12.1. The predicted octanol–water partition coefficient (Wildman–Crippen LogP) is 3.12. The average Bonchev–Trinajstić information content (AvgIpc) is 2.35. The van der Waals surface area contributed by atoms with E-state index in [1.165, 1.54) is 5.56 Å². The van der Waals surface area contributed by atoms with E-state index in [2.05, 4.69) is 19.1 Å². The summed E-state index contributed by atoms with van der Waals surface area (Å²) in [5.74, 6) is 0.113. The van der Waals surface area contributed by atoms with Gasteiger partial charge in [-0.3, -0.25) is 4.79 Å². The van der Waals surface area contributed by atoms with Gasteiger partial charge in [-0.25, -0.2) is 0 Å². The molecule has 1 aromatic carbocycles. The Kier molecular flexibility index (Phi) is 5.55. The number of carbonyl (C=O) groups is 1. The van der Waals surface area contributed by atoms with Crippen LogP contribution in [0.25, 0.3) is 0 Å². The fourth-order valence-electron chi connectivity index (χ4n) is 1.92. The van der Waals surface area contributed by atoms with Crippen molar-refractivity contribution in [2.45, 2.75) is 52.0 Å². The molecule has 0 aliphatic rings. The molecule has 1 rings (SSSR count). The smallest absolute Gasteiger partial charge is 0.226 e. The number of nitrogens with zero attached hydrogens (tertiary/aromatic N) is 1. The highest BCUT2D eigenvalue weighted by Crippen LogP contribution is 2.17. The zero-order valence-corrected chi connectivity index (χ0v) is 12.6. The van der Waals surface area contributed by atoms with Gasteiger partial charge in [0.1, 0.15) is 0 Å². The molecule has 0 aromatic heterocycles. The van der Waals surface area contributed by atoms with Gasteiger partial charge in [0.15, 0.2) is 0 Å². The summed E-state index contributed by atoms with van der Waals surface area (Å²) < 4.78 is 0. The lowest BCUT2D eigenvalue weighted by molar-refractivity contribution is -0.118. The molecule has 0 heterocycles. The Morgan fingerprint density at radius 1 is 1.26 bits per heavy atom. The van der Waals surface area contributed by atoms with Gasteiger partial charge in [-0.1, -0.05) is 25.5 Å². The van der Waals surface area contributed by atoms with E-state index in [4.69, 9.17) is 5.73 Å². The molecule has 19 heavy (non-hydrogen) atoms. The second-order valence-electron chi connectivity index (χ2n) is 5.86. The van der Waals surface area contributed by atoms with Crippen LogP contribution in [0.3, 0.4) is 0 Å². The molecule has 0 atom stereocenters. The van der Waals surface area contributed by atoms with Crippen LogP contribution in [0.15, 0.2) is 24.3 Å². The Morgan fingerprint density at radius 3 is 2.32 bits per heavy atom. The Hall–Kier alpha value is -1.35. The van der Waals surface area contributed by atoms with E-state index in [0.29, 0.717) is 12.8 Å². The summed E-state index contributed by atoms with van der Waals surface area (Å²) in [5.41, 5.74) is 7.87. The van der Waals surface area contributed by atoms with Crippen molar-refractivity contribution >= 4 is 11.6 Å². The van der Waals surface area contributed by atoms with Crippen LogP contribution in [0, 0.1) is 0 Å². The lowest BCUT2D eigenvalue weighted by Crippen LogP contribution is -2.35. The van der Waals surface area contributed by atoms with Gasteiger partial charge in [-0.15, -0.1) is 0 Å². The van der Waals surface area contributed by atoms with Crippen LogP contribution >= 0.6 is 0 Å². The minimum atomic E-state index is -0.290. The third-order valence-corrected chi connectivity index (χ3v) is 3.22. The number of aryl methyl sites for hydroxylation is 1. The highest BCUT2D eigenvalue weighted by molar-refractivity contribution is 5.92. The van der Waals surface area contributed by atoms with E-state index >= 15 is 0 Å². The highest BCUT2D eigenvalue weighted by atomic mass is 16.2. The number of nitrogens with two attached hydrogens (primary N) is 1. The van der Waals surface area contributed by atoms with Crippen molar-refractivity contribution in [2.24, 2.45) is 5.73 Å². The van der Waals surface area contributed by atoms with Crippen LogP contribution in [0.5, 0.6) is 0 Å². The lowest BCUT2D eigenvalue weighted by Gasteiger charge is -2.22. The molecule has 0 aliphatic carbocycles. The van der Waals surface area contributed by atoms with Crippen LogP contribution in [-0.2, 0) is 11.2 Å². The van der Waals surface area contributed by atoms with E-state index in [0.717, 1.165) is 18.5 Å². The second-order valence-corrected chi connectivity index (χ2v) is 5.86. The Bertz CT molecular complexity index is 404. The summed E-state index contributed by atoms with van der Waals surface area (Å²) >= 11 is 0. The fourth-order valence-corrected chi connectivity index (χ4v) is 1.92. The molecule has 0 aliphatic heterocycles. The van der Waals surface area contributed by atoms with Crippen LogP contribution in [0.1, 0.15) is 45.6 Å². The van der Waals surface area contributed by atoms with Gasteiger partial charge in [0, 0.05) is 24.7 Å². The first kappa shape index (κ1) is 15.7. The molecule has 1 aromatic rings. The van der Waals surface area contributed by atoms with Crippen LogP contribution in [0.4, 0.5) is 5.69 Å². The molecule has 3 heteroatoms. The monoisotopic (exact) mass is 262 g/mol. The summed E-state index contributed by atoms with van der Waals surface area (Å²) in [5, 5.41) is 0. The molecule has 1 amide bonds. The fraction of sp³-hybridized carbons (Fsp3) is 0.562.